The van der Waals surface area contributed by atoms with Crippen LogP contribution < -0.4 is 0 Å². The maximum absolute atomic E-state index is 10.7. The molecule has 104 valence electrons. The van der Waals surface area contributed by atoms with Gasteiger partial charge in [-0.1, -0.05) is 50.5 Å². The summed E-state index contributed by atoms with van der Waals surface area (Å²) in [5.74, 6) is 2.09. The Hall–Kier alpha value is -0.820. The summed E-state index contributed by atoms with van der Waals surface area (Å²) < 4.78 is 0. The minimum atomic E-state index is -0.243. The van der Waals surface area contributed by atoms with E-state index in [2.05, 4.69) is 31.2 Å². The number of hydrogen-bond acceptors (Lipinski definition) is 1. The molecule has 1 aromatic carbocycles. The van der Waals surface area contributed by atoms with Crippen LogP contribution in [0, 0.1) is 11.8 Å². The lowest BCUT2D eigenvalue weighted by Crippen LogP contribution is -2.21. The fourth-order valence-corrected chi connectivity index (χ4v) is 3.68. The number of rotatable bonds is 4. The fourth-order valence-electron chi connectivity index (χ4n) is 3.68. The second-order valence-electron chi connectivity index (χ2n) is 6.59. The standard InChI is InChI=1S/C18H26O/c1-2-13-5-3-7-16(11-13)18(19)17-8-4-6-15(12-17)14-9-10-14/h4,6,8,12-14,16,18-19H,2-3,5,7,9-11H2,1H3. The summed E-state index contributed by atoms with van der Waals surface area (Å²) in [5.41, 5.74) is 2.60. The number of hydrogen-bond donors (Lipinski definition) is 1. The van der Waals surface area contributed by atoms with Gasteiger partial charge in [-0.2, -0.15) is 0 Å². The monoisotopic (exact) mass is 258 g/mol. The third kappa shape index (κ3) is 3.02. The molecule has 0 bridgehead atoms. The molecule has 0 saturated heterocycles. The van der Waals surface area contributed by atoms with Crippen molar-refractivity contribution in [2.24, 2.45) is 11.8 Å². The van der Waals surface area contributed by atoms with Crippen molar-refractivity contribution in [3.05, 3.63) is 35.4 Å². The lowest BCUT2D eigenvalue weighted by Gasteiger charge is -2.32. The van der Waals surface area contributed by atoms with Crippen LogP contribution in [-0.2, 0) is 0 Å². The Labute approximate surface area is 117 Å². The maximum atomic E-state index is 10.7. The normalized spacial score (nSPS) is 29.2. The van der Waals surface area contributed by atoms with E-state index in [1.165, 1.54) is 50.5 Å². The zero-order valence-corrected chi connectivity index (χ0v) is 12.0. The zero-order chi connectivity index (χ0) is 13.2. The van der Waals surface area contributed by atoms with Gasteiger partial charge in [0.05, 0.1) is 6.10 Å². The molecular weight excluding hydrogens is 232 g/mol. The minimum Gasteiger partial charge on any atom is -0.388 e. The summed E-state index contributed by atoms with van der Waals surface area (Å²) in [7, 11) is 0. The Morgan fingerprint density at radius 2 is 2.05 bits per heavy atom. The molecule has 0 spiro atoms. The highest BCUT2D eigenvalue weighted by atomic mass is 16.3. The first-order valence-electron chi connectivity index (χ1n) is 8.06. The van der Waals surface area contributed by atoms with E-state index in [0.717, 1.165) is 17.4 Å². The average molecular weight is 258 g/mol. The van der Waals surface area contributed by atoms with Crippen molar-refractivity contribution in [1.29, 1.82) is 0 Å². The van der Waals surface area contributed by atoms with Crippen molar-refractivity contribution in [1.82, 2.24) is 0 Å². The molecule has 3 unspecified atom stereocenters. The van der Waals surface area contributed by atoms with Gasteiger partial charge in [-0.15, -0.1) is 0 Å². The average Bonchev–Trinajstić information content (AvgIpc) is 3.31. The van der Waals surface area contributed by atoms with Crippen LogP contribution >= 0.6 is 0 Å². The first-order chi connectivity index (χ1) is 9.28. The molecule has 0 aromatic heterocycles. The van der Waals surface area contributed by atoms with Gasteiger partial charge in [-0.05, 0) is 54.6 Å². The van der Waals surface area contributed by atoms with Gasteiger partial charge in [-0.25, -0.2) is 0 Å². The molecule has 0 aliphatic heterocycles. The predicted molar refractivity (Wildman–Crippen MR) is 79.1 cm³/mol. The Morgan fingerprint density at radius 3 is 2.79 bits per heavy atom. The van der Waals surface area contributed by atoms with Crippen LogP contribution in [0.2, 0.25) is 0 Å². The Balaban J connectivity index is 1.71. The maximum Gasteiger partial charge on any atom is 0.0818 e. The lowest BCUT2D eigenvalue weighted by atomic mass is 9.76. The first-order valence-corrected chi connectivity index (χ1v) is 8.06. The predicted octanol–water partition coefficient (Wildman–Crippen LogP) is 4.81. The van der Waals surface area contributed by atoms with Crippen molar-refractivity contribution < 1.29 is 5.11 Å². The van der Waals surface area contributed by atoms with Gasteiger partial charge in [0.1, 0.15) is 0 Å². The highest BCUT2D eigenvalue weighted by Gasteiger charge is 2.29. The molecule has 1 N–H and O–H groups in total. The fraction of sp³-hybridized carbons (Fsp3) is 0.667. The summed E-state index contributed by atoms with van der Waals surface area (Å²) >= 11 is 0. The molecule has 1 nitrogen and oxygen atoms in total. The van der Waals surface area contributed by atoms with Gasteiger partial charge in [-0.3, -0.25) is 0 Å². The van der Waals surface area contributed by atoms with E-state index in [1.54, 1.807) is 0 Å². The minimum absolute atomic E-state index is 0.243. The van der Waals surface area contributed by atoms with Gasteiger partial charge in [0.2, 0.25) is 0 Å². The highest BCUT2D eigenvalue weighted by Crippen LogP contribution is 2.42. The quantitative estimate of drug-likeness (QED) is 0.821. The number of benzene rings is 1. The summed E-state index contributed by atoms with van der Waals surface area (Å²) in [4.78, 5) is 0. The van der Waals surface area contributed by atoms with Crippen LogP contribution in [0.4, 0.5) is 0 Å². The molecule has 1 heteroatoms. The summed E-state index contributed by atoms with van der Waals surface area (Å²) in [6.45, 7) is 2.28. The van der Waals surface area contributed by atoms with Crippen molar-refractivity contribution >= 4 is 0 Å². The van der Waals surface area contributed by atoms with Crippen LogP contribution in [0.1, 0.15) is 75.0 Å². The molecule has 0 amide bonds. The number of aliphatic hydroxyl groups excluding tert-OH is 1. The van der Waals surface area contributed by atoms with Crippen LogP contribution in [-0.4, -0.2) is 5.11 Å². The van der Waals surface area contributed by atoms with E-state index in [4.69, 9.17) is 0 Å². The summed E-state index contributed by atoms with van der Waals surface area (Å²) in [6.07, 6.45) is 8.77. The van der Waals surface area contributed by atoms with Crippen LogP contribution in [0.5, 0.6) is 0 Å². The van der Waals surface area contributed by atoms with E-state index < -0.39 is 0 Å². The first kappa shape index (κ1) is 13.2. The third-order valence-corrected chi connectivity index (χ3v) is 5.15. The Kier molecular flexibility index (Phi) is 3.93. The van der Waals surface area contributed by atoms with Crippen LogP contribution in [0.25, 0.3) is 0 Å². The highest BCUT2D eigenvalue weighted by molar-refractivity contribution is 5.30. The largest absolute Gasteiger partial charge is 0.388 e. The molecule has 2 aliphatic rings. The molecule has 1 aromatic rings. The smallest absolute Gasteiger partial charge is 0.0818 e. The molecule has 2 aliphatic carbocycles. The summed E-state index contributed by atoms with van der Waals surface area (Å²) in [5, 5.41) is 10.7. The Morgan fingerprint density at radius 1 is 1.21 bits per heavy atom. The van der Waals surface area contributed by atoms with E-state index >= 15 is 0 Å². The lowest BCUT2D eigenvalue weighted by molar-refractivity contribution is 0.0677. The van der Waals surface area contributed by atoms with Crippen molar-refractivity contribution in [3.8, 4) is 0 Å². The zero-order valence-electron chi connectivity index (χ0n) is 12.0. The molecule has 2 saturated carbocycles. The molecule has 0 heterocycles. The molecule has 19 heavy (non-hydrogen) atoms. The molecule has 3 atom stereocenters. The summed E-state index contributed by atoms with van der Waals surface area (Å²) in [6, 6.07) is 8.74. The second kappa shape index (κ2) is 5.66. The van der Waals surface area contributed by atoms with E-state index in [1.807, 2.05) is 0 Å². The van der Waals surface area contributed by atoms with Crippen LogP contribution in [0.15, 0.2) is 24.3 Å². The molecular formula is C18H26O. The van der Waals surface area contributed by atoms with E-state index in [9.17, 15) is 5.11 Å². The van der Waals surface area contributed by atoms with Crippen molar-refractivity contribution in [2.45, 2.75) is 63.9 Å². The Bertz CT molecular complexity index is 421. The number of aliphatic hydroxyl groups is 1. The SMILES string of the molecule is CCC1CCCC(C(O)c2cccc(C3CC3)c2)C1. The molecule has 0 radical (unpaired) electrons. The topological polar surface area (TPSA) is 20.2 Å². The third-order valence-electron chi connectivity index (χ3n) is 5.15. The van der Waals surface area contributed by atoms with Gasteiger partial charge < -0.3 is 5.11 Å². The molecule has 2 fully saturated rings. The van der Waals surface area contributed by atoms with E-state index in [0.29, 0.717) is 5.92 Å². The van der Waals surface area contributed by atoms with Gasteiger partial charge in [0.25, 0.3) is 0 Å². The second-order valence-corrected chi connectivity index (χ2v) is 6.59. The van der Waals surface area contributed by atoms with Gasteiger partial charge >= 0.3 is 0 Å². The van der Waals surface area contributed by atoms with Gasteiger partial charge in [0.15, 0.2) is 0 Å². The van der Waals surface area contributed by atoms with Gasteiger partial charge in [0, 0.05) is 0 Å². The van der Waals surface area contributed by atoms with Crippen molar-refractivity contribution in [3.63, 3.8) is 0 Å². The van der Waals surface area contributed by atoms with Crippen molar-refractivity contribution in [2.75, 3.05) is 0 Å². The molecule has 3 rings (SSSR count). The van der Waals surface area contributed by atoms with E-state index in [-0.39, 0.29) is 6.10 Å². The van der Waals surface area contributed by atoms with Crippen LogP contribution in [0.3, 0.4) is 0 Å².